The Morgan fingerprint density at radius 1 is 0.917 bits per heavy atom. The van der Waals surface area contributed by atoms with Gasteiger partial charge in [0.05, 0.1) is 22.6 Å². The lowest BCUT2D eigenvalue weighted by atomic mass is 9.95. The zero-order chi connectivity index (χ0) is 25.1. The lowest BCUT2D eigenvalue weighted by molar-refractivity contribution is -0.139. The number of para-hydroxylation sites is 1. The molecule has 1 unspecified atom stereocenters. The number of nitrogens with zero attached hydrogens (tertiary/aromatic N) is 2. The molecule has 0 saturated heterocycles. The van der Waals surface area contributed by atoms with E-state index >= 15 is 0 Å². The van der Waals surface area contributed by atoms with E-state index in [1.54, 1.807) is 16.8 Å². The molecule has 1 heterocycles. The van der Waals surface area contributed by atoms with E-state index in [9.17, 15) is 19.5 Å². The number of carbonyl (C=O) groups excluding carboxylic acids is 1. The number of hydrogen-bond donors (Lipinski definition) is 2. The van der Waals surface area contributed by atoms with Crippen LogP contribution in [0.5, 0.6) is 0 Å². The zero-order valence-corrected chi connectivity index (χ0v) is 20.0. The van der Waals surface area contributed by atoms with Crippen LogP contribution < -0.4 is 10.9 Å². The summed E-state index contributed by atoms with van der Waals surface area (Å²) in [6.07, 6.45) is 5.60. The highest BCUT2D eigenvalue weighted by Crippen LogP contribution is 2.31. The van der Waals surface area contributed by atoms with Gasteiger partial charge in [-0.05, 0) is 48.7 Å². The van der Waals surface area contributed by atoms with Crippen molar-refractivity contribution in [3.8, 4) is 5.69 Å². The molecule has 4 aromatic rings. The van der Waals surface area contributed by atoms with Gasteiger partial charge in [0.2, 0.25) is 0 Å². The Balaban J connectivity index is 1.52. The van der Waals surface area contributed by atoms with E-state index in [0.717, 1.165) is 42.5 Å². The van der Waals surface area contributed by atoms with Crippen molar-refractivity contribution in [2.24, 2.45) is 0 Å². The van der Waals surface area contributed by atoms with Crippen molar-refractivity contribution in [2.75, 3.05) is 0 Å². The first-order valence-electron chi connectivity index (χ1n) is 12.4. The molecule has 1 fully saturated rings. The standard InChI is InChI=1S/C29H29N3O4/c33-27(30-25(29(35)36)18-20-10-4-1-5-11-20)21-16-17-26-24(19-21)28(34)32(23-14-8-3-9-15-23)31(26)22-12-6-2-7-13-22/h1,3-5,8-11,14-17,19,22,25H,2,6-7,12-13,18H2,(H,30,33)(H,35,36). The van der Waals surface area contributed by atoms with Crippen molar-refractivity contribution in [3.05, 3.63) is 100 Å². The number of carbonyl (C=O) groups is 2. The summed E-state index contributed by atoms with van der Waals surface area (Å²) in [6, 6.07) is 22.9. The fourth-order valence-electron chi connectivity index (χ4n) is 5.16. The Labute approximate surface area is 209 Å². The molecule has 36 heavy (non-hydrogen) atoms. The average Bonchev–Trinajstić information content (AvgIpc) is 3.21. The van der Waals surface area contributed by atoms with Crippen LogP contribution in [0.2, 0.25) is 0 Å². The van der Waals surface area contributed by atoms with Crippen LogP contribution in [0, 0.1) is 0 Å². The Hall–Kier alpha value is -4.13. The third kappa shape index (κ3) is 4.69. The predicted molar refractivity (Wildman–Crippen MR) is 139 cm³/mol. The van der Waals surface area contributed by atoms with Crippen molar-refractivity contribution in [1.82, 2.24) is 14.7 Å². The first kappa shape index (κ1) is 23.6. The molecular weight excluding hydrogens is 454 g/mol. The first-order chi connectivity index (χ1) is 17.5. The summed E-state index contributed by atoms with van der Waals surface area (Å²) in [4.78, 5) is 38.6. The normalized spacial score (nSPS) is 15.0. The molecule has 1 aromatic heterocycles. The topological polar surface area (TPSA) is 93.3 Å². The van der Waals surface area contributed by atoms with Crippen molar-refractivity contribution < 1.29 is 14.7 Å². The summed E-state index contributed by atoms with van der Waals surface area (Å²) in [7, 11) is 0. The Morgan fingerprint density at radius 2 is 1.58 bits per heavy atom. The highest BCUT2D eigenvalue weighted by Gasteiger charge is 2.25. The summed E-state index contributed by atoms with van der Waals surface area (Å²) < 4.78 is 3.81. The van der Waals surface area contributed by atoms with Gasteiger partial charge in [0.15, 0.2) is 0 Å². The van der Waals surface area contributed by atoms with Gasteiger partial charge in [-0.2, -0.15) is 0 Å². The third-order valence-electron chi connectivity index (χ3n) is 6.95. The number of hydrogen-bond acceptors (Lipinski definition) is 3. The first-order valence-corrected chi connectivity index (χ1v) is 12.4. The Bertz CT molecular complexity index is 1430. The van der Waals surface area contributed by atoms with Crippen LogP contribution >= 0.6 is 0 Å². The largest absolute Gasteiger partial charge is 0.480 e. The number of nitrogens with one attached hydrogen (secondary N) is 1. The number of carboxylic acids is 1. The molecule has 5 rings (SSSR count). The summed E-state index contributed by atoms with van der Waals surface area (Å²) >= 11 is 0. The van der Waals surface area contributed by atoms with Crippen molar-refractivity contribution >= 4 is 22.8 Å². The van der Waals surface area contributed by atoms with Gasteiger partial charge in [-0.25, -0.2) is 9.48 Å². The van der Waals surface area contributed by atoms with Gasteiger partial charge in [0.25, 0.3) is 11.5 Å². The SMILES string of the molecule is O=C(NC(Cc1ccccc1)C(=O)O)c1ccc2c(c1)c(=O)n(-c1ccccc1)n2C1CCCCC1. The van der Waals surface area contributed by atoms with Crippen molar-refractivity contribution in [3.63, 3.8) is 0 Å². The van der Waals surface area contributed by atoms with Crippen molar-refractivity contribution in [2.45, 2.75) is 50.6 Å². The van der Waals surface area contributed by atoms with Gasteiger partial charge in [-0.1, -0.05) is 67.8 Å². The number of rotatable bonds is 7. The number of aliphatic carboxylic acids is 1. The number of amides is 1. The summed E-state index contributed by atoms with van der Waals surface area (Å²) in [6.45, 7) is 0. The molecule has 0 radical (unpaired) electrons. The van der Waals surface area contributed by atoms with E-state index in [0.29, 0.717) is 5.39 Å². The Kier molecular flexibility index (Phi) is 6.71. The zero-order valence-electron chi connectivity index (χ0n) is 20.0. The molecular formula is C29H29N3O4. The molecule has 1 aliphatic rings. The molecule has 1 aliphatic carbocycles. The molecule has 1 atom stereocenters. The van der Waals surface area contributed by atoms with E-state index in [4.69, 9.17) is 0 Å². The van der Waals surface area contributed by atoms with E-state index in [-0.39, 0.29) is 23.6 Å². The molecule has 2 N–H and O–H groups in total. The van der Waals surface area contributed by atoms with Gasteiger partial charge >= 0.3 is 5.97 Å². The molecule has 1 saturated carbocycles. The van der Waals surface area contributed by atoms with Gasteiger partial charge < -0.3 is 10.4 Å². The fourth-order valence-corrected chi connectivity index (χ4v) is 5.16. The highest BCUT2D eigenvalue weighted by molar-refractivity contribution is 5.99. The van der Waals surface area contributed by atoms with Crippen LogP contribution in [0.3, 0.4) is 0 Å². The number of aromatic nitrogens is 2. The summed E-state index contributed by atoms with van der Waals surface area (Å²) in [5.41, 5.74) is 2.46. The molecule has 1 amide bonds. The predicted octanol–water partition coefficient (Wildman–Crippen LogP) is 4.72. The molecule has 3 aromatic carbocycles. The molecule has 7 nitrogen and oxygen atoms in total. The summed E-state index contributed by atoms with van der Waals surface area (Å²) in [5.74, 6) is -1.63. The van der Waals surface area contributed by atoms with E-state index < -0.39 is 17.9 Å². The van der Waals surface area contributed by atoms with Crippen LogP contribution in [-0.4, -0.2) is 32.4 Å². The second-order valence-corrected chi connectivity index (χ2v) is 9.37. The molecule has 7 heteroatoms. The Morgan fingerprint density at radius 3 is 2.25 bits per heavy atom. The van der Waals surface area contributed by atoms with Crippen LogP contribution in [0.4, 0.5) is 0 Å². The van der Waals surface area contributed by atoms with Gasteiger partial charge in [-0.15, -0.1) is 0 Å². The average molecular weight is 484 g/mol. The maximum atomic E-state index is 13.7. The maximum Gasteiger partial charge on any atom is 0.326 e. The van der Waals surface area contributed by atoms with E-state index in [1.807, 2.05) is 66.7 Å². The molecule has 0 bridgehead atoms. The third-order valence-corrected chi connectivity index (χ3v) is 6.95. The van der Waals surface area contributed by atoms with Crippen LogP contribution in [0.1, 0.15) is 54.1 Å². The molecule has 0 spiro atoms. The smallest absolute Gasteiger partial charge is 0.326 e. The number of benzene rings is 3. The second kappa shape index (κ2) is 10.2. The molecule has 184 valence electrons. The number of fused-ring (bicyclic) bond motifs is 1. The van der Waals surface area contributed by atoms with Gasteiger partial charge in [-0.3, -0.25) is 14.3 Å². The van der Waals surface area contributed by atoms with Crippen LogP contribution in [0.15, 0.2) is 83.7 Å². The minimum Gasteiger partial charge on any atom is -0.480 e. The fraction of sp³-hybridized carbons (Fsp3) is 0.276. The summed E-state index contributed by atoms with van der Waals surface area (Å²) in [5, 5.41) is 12.8. The highest BCUT2D eigenvalue weighted by atomic mass is 16.4. The van der Waals surface area contributed by atoms with Gasteiger partial charge in [0, 0.05) is 12.0 Å². The lowest BCUT2D eigenvalue weighted by Crippen LogP contribution is -2.42. The second-order valence-electron chi connectivity index (χ2n) is 9.37. The molecule has 0 aliphatic heterocycles. The monoisotopic (exact) mass is 483 g/mol. The number of carboxylic acid groups (broad SMARTS) is 1. The van der Waals surface area contributed by atoms with E-state index in [2.05, 4.69) is 10.00 Å². The van der Waals surface area contributed by atoms with Gasteiger partial charge in [0.1, 0.15) is 6.04 Å². The lowest BCUT2D eigenvalue weighted by Gasteiger charge is -2.26. The van der Waals surface area contributed by atoms with Crippen molar-refractivity contribution in [1.29, 1.82) is 0 Å². The minimum absolute atomic E-state index is 0.170. The van der Waals surface area contributed by atoms with Crippen LogP contribution in [-0.2, 0) is 11.2 Å². The minimum atomic E-state index is -1.11. The van der Waals surface area contributed by atoms with E-state index in [1.165, 1.54) is 6.42 Å². The quantitative estimate of drug-likeness (QED) is 0.398. The van der Waals surface area contributed by atoms with Crippen LogP contribution in [0.25, 0.3) is 16.6 Å². The maximum absolute atomic E-state index is 13.7.